The molecular formula is C22H15Cl3FNO4. The van der Waals surface area contributed by atoms with Gasteiger partial charge >= 0.3 is 5.97 Å². The maximum atomic E-state index is 15.0. The minimum Gasteiger partial charge on any atom is -0.486 e. The fraction of sp³-hybridized carbons (Fsp3) is 0.0909. The third-order valence-corrected chi connectivity index (χ3v) is 5.07. The Labute approximate surface area is 192 Å². The molecule has 5 nitrogen and oxygen atoms in total. The molecule has 0 bridgehead atoms. The van der Waals surface area contributed by atoms with Gasteiger partial charge in [0, 0.05) is 5.02 Å². The highest BCUT2D eigenvalue weighted by atomic mass is 35.5. The Hall–Kier alpha value is -2.80. The molecule has 3 aromatic rings. The van der Waals surface area contributed by atoms with E-state index in [9.17, 15) is 14.0 Å². The van der Waals surface area contributed by atoms with Gasteiger partial charge in [0.15, 0.2) is 11.6 Å². The van der Waals surface area contributed by atoms with E-state index in [0.717, 1.165) is 5.56 Å². The first-order valence-corrected chi connectivity index (χ1v) is 10.0. The van der Waals surface area contributed by atoms with E-state index >= 15 is 0 Å². The number of anilines is 1. The van der Waals surface area contributed by atoms with E-state index in [1.165, 1.54) is 30.3 Å². The lowest BCUT2D eigenvalue weighted by molar-refractivity contribution is -0.136. The molecule has 0 radical (unpaired) electrons. The summed E-state index contributed by atoms with van der Waals surface area (Å²) in [4.78, 5) is 23.5. The monoisotopic (exact) mass is 481 g/mol. The van der Waals surface area contributed by atoms with Crippen LogP contribution in [-0.2, 0) is 17.8 Å². The van der Waals surface area contributed by atoms with E-state index in [-0.39, 0.29) is 34.5 Å². The van der Waals surface area contributed by atoms with Crippen LogP contribution in [0.1, 0.15) is 21.5 Å². The highest BCUT2D eigenvalue weighted by Gasteiger charge is 2.21. The summed E-state index contributed by atoms with van der Waals surface area (Å²) in [5, 5.41) is 11.9. The van der Waals surface area contributed by atoms with Gasteiger partial charge in [-0.25, -0.2) is 4.39 Å². The lowest BCUT2D eigenvalue weighted by Gasteiger charge is -2.13. The molecule has 0 unspecified atom stereocenters. The molecule has 31 heavy (non-hydrogen) atoms. The third-order valence-electron chi connectivity index (χ3n) is 4.20. The van der Waals surface area contributed by atoms with Crippen molar-refractivity contribution in [3.8, 4) is 5.75 Å². The van der Waals surface area contributed by atoms with Crippen LogP contribution in [-0.4, -0.2) is 17.0 Å². The van der Waals surface area contributed by atoms with Gasteiger partial charge in [-0.2, -0.15) is 0 Å². The van der Waals surface area contributed by atoms with Crippen LogP contribution in [0.3, 0.4) is 0 Å². The molecule has 0 heterocycles. The average Bonchev–Trinajstić information content (AvgIpc) is 2.69. The number of ether oxygens (including phenoxy) is 1. The van der Waals surface area contributed by atoms with Gasteiger partial charge in [-0.15, -0.1) is 0 Å². The quantitative estimate of drug-likeness (QED) is 0.418. The number of rotatable bonds is 7. The van der Waals surface area contributed by atoms with E-state index in [2.05, 4.69) is 5.32 Å². The van der Waals surface area contributed by atoms with Crippen molar-refractivity contribution in [2.24, 2.45) is 0 Å². The lowest BCUT2D eigenvalue weighted by atomic mass is 10.1. The number of carbonyl (C=O) groups is 2. The zero-order chi connectivity index (χ0) is 22.5. The second kappa shape index (κ2) is 10.0. The van der Waals surface area contributed by atoms with Crippen LogP contribution in [0.25, 0.3) is 0 Å². The van der Waals surface area contributed by atoms with Crippen LogP contribution in [0.5, 0.6) is 5.75 Å². The van der Waals surface area contributed by atoms with Gasteiger partial charge in [-0.1, -0.05) is 53.0 Å². The van der Waals surface area contributed by atoms with Crippen molar-refractivity contribution in [3.63, 3.8) is 0 Å². The first kappa shape index (κ1) is 22.9. The van der Waals surface area contributed by atoms with Gasteiger partial charge in [0.2, 0.25) is 0 Å². The van der Waals surface area contributed by atoms with Crippen molar-refractivity contribution >= 4 is 52.4 Å². The number of carboxylic acid groups (broad SMARTS) is 1. The first-order chi connectivity index (χ1) is 14.7. The largest absolute Gasteiger partial charge is 0.486 e. The second-order valence-corrected chi connectivity index (χ2v) is 7.74. The molecule has 0 aliphatic heterocycles. The Balaban J connectivity index is 1.79. The molecule has 9 heteroatoms. The first-order valence-electron chi connectivity index (χ1n) is 8.91. The number of benzene rings is 3. The zero-order valence-corrected chi connectivity index (χ0v) is 18.1. The molecular weight excluding hydrogens is 468 g/mol. The fourth-order valence-corrected chi connectivity index (χ4v) is 3.47. The van der Waals surface area contributed by atoms with Crippen molar-refractivity contribution in [2.75, 3.05) is 5.32 Å². The van der Waals surface area contributed by atoms with Crippen LogP contribution in [0.2, 0.25) is 15.1 Å². The lowest BCUT2D eigenvalue weighted by Crippen LogP contribution is -2.16. The number of hydrogen-bond donors (Lipinski definition) is 2. The number of carboxylic acids is 1. The van der Waals surface area contributed by atoms with Gasteiger partial charge in [-0.05, 0) is 47.5 Å². The van der Waals surface area contributed by atoms with Crippen LogP contribution in [0, 0.1) is 5.82 Å². The van der Waals surface area contributed by atoms with Gasteiger partial charge in [0.25, 0.3) is 5.91 Å². The third kappa shape index (κ3) is 5.88. The minimum atomic E-state index is -1.02. The Morgan fingerprint density at radius 2 is 1.74 bits per heavy atom. The summed E-state index contributed by atoms with van der Waals surface area (Å²) in [5.41, 5.74) is 0.953. The molecule has 0 atom stereocenters. The molecule has 0 spiro atoms. The predicted molar refractivity (Wildman–Crippen MR) is 118 cm³/mol. The summed E-state index contributed by atoms with van der Waals surface area (Å²) >= 11 is 18.1. The number of aliphatic carboxylic acids is 1. The van der Waals surface area contributed by atoms with E-state index in [4.69, 9.17) is 44.6 Å². The highest BCUT2D eigenvalue weighted by Crippen LogP contribution is 2.30. The molecule has 0 aliphatic rings. The van der Waals surface area contributed by atoms with Crippen molar-refractivity contribution in [1.29, 1.82) is 0 Å². The topological polar surface area (TPSA) is 75.6 Å². The Morgan fingerprint density at radius 1 is 0.968 bits per heavy atom. The maximum Gasteiger partial charge on any atom is 0.307 e. The zero-order valence-electron chi connectivity index (χ0n) is 15.8. The molecule has 0 fully saturated rings. The van der Waals surface area contributed by atoms with Gasteiger partial charge < -0.3 is 15.2 Å². The SMILES string of the molecule is O=C(O)Cc1ccc(NC(=O)c2c(Cl)ccc(OCc3cccc(Cl)c3)c2F)c(Cl)c1. The van der Waals surface area contributed by atoms with E-state index in [1.807, 2.05) is 0 Å². The average molecular weight is 483 g/mol. The molecule has 2 N–H and O–H groups in total. The van der Waals surface area contributed by atoms with Crippen LogP contribution >= 0.6 is 34.8 Å². The summed E-state index contributed by atoms with van der Waals surface area (Å²) in [6.45, 7) is 0.0387. The summed E-state index contributed by atoms with van der Waals surface area (Å²) in [5.74, 6) is -2.93. The molecule has 3 aromatic carbocycles. The number of amides is 1. The van der Waals surface area contributed by atoms with Crippen LogP contribution < -0.4 is 10.1 Å². The van der Waals surface area contributed by atoms with Gasteiger partial charge in [0.05, 0.1) is 27.7 Å². The summed E-state index contributed by atoms with van der Waals surface area (Å²) < 4.78 is 20.5. The van der Waals surface area contributed by atoms with E-state index in [0.29, 0.717) is 10.6 Å². The Bertz CT molecular complexity index is 1150. The molecule has 0 aliphatic carbocycles. The van der Waals surface area contributed by atoms with Crippen molar-refractivity contribution < 1.29 is 23.8 Å². The number of hydrogen-bond acceptors (Lipinski definition) is 3. The van der Waals surface area contributed by atoms with E-state index < -0.39 is 23.3 Å². The van der Waals surface area contributed by atoms with Crippen molar-refractivity contribution in [1.82, 2.24) is 0 Å². The number of carbonyl (C=O) groups excluding carboxylic acids is 1. The van der Waals surface area contributed by atoms with Crippen LogP contribution in [0.15, 0.2) is 54.6 Å². The summed E-state index contributed by atoms with van der Waals surface area (Å²) in [6.07, 6.45) is -0.222. The van der Waals surface area contributed by atoms with Crippen molar-refractivity contribution in [2.45, 2.75) is 13.0 Å². The molecule has 1 amide bonds. The molecule has 160 valence electrons. The number of halogens is 4. The van der Waals surface area contributed by atoms with Crippen LogP contribution in [0.4, 0.5) is 10.1 Å². The highest BCUT2D eigenvalue weighted by molar-refractivity contribution is 6.36. The standard InChI is InChI=1S/C22H15Cl3FNO4/c23-14-3-1-2-13(8-14)11-31-18-7-5-15(24)20(21(18)26)22(30)27-17-6-4-12(9-16(17)25)10-19(28)29/h1-9H,10-11H2,(H,27,30)(H,28,29). The van der Waals surface area contributed by atoms with Crippen molar-refractivity contribution in [3.05, 3.63) is 92.2 Å². The molecule has 3 rings (SSSR count). The molecule has 0 aromatic heterocycles. The van der Waals surface area contributed by atoms with E-state index in [1.54, 1.807) is 24.3 Å². The Kier molecular flexibility index (Phi) is 7.38. The number of nitrogens with one attached hydrogen (secondary N) is 1. The maximum absolute atomic E-state index is 15.0. The Morgan fingerprint density at radius 3 is 2.42 bits per heavy atom. The predicted octanol–water partition coefficient (Wildman–Crippen LogP) is 6.24. The van der Waals surface area contributed by atoms with Gasteiger partial charge in [-0.3, -0.25) is 9.59 Å². The normalized spacial score (nSPS) is 10.6. The summed E-state index contributed by atoms with van der Waals surface area (Å²) in [6, 6.07) is 13.9. The fourth-order valence-electron chi connectivity index (χ4n) is 2.77. The smallest absolute Gasteiger partial charge is 0.307 e. The molecule has 0 saturated carbocycles. The molecule has 0 saturated heterocycles. The minimum absolute atomic E-state index is 0.0387. The second-order valence-electron chi connectivity index (χ2n) is 6.49. The summed E-state index contributed by atoms with van der Waals surface area (Å²) in [7, 11) is 0. The van der Waals surface area contributed by atoms with Gasteiger partial charge in [0.1, 0.15) is 6.61 Å².